The van der Waals surface area contributed by atoms with Crippen LogP contribution in [0.2, 0.25) is 0 Å². The van der Waals surface area contributed by atoms with Crippen molar-refractivity contribution in [3.63, 3.8) is 0 Å². The van der Waals surface area contributed by atoms with Gasteiger partial charge >= 0.3 is 0 Å². The van der Waals surface area contributed by atoms with Gasteiger partial charge in [-0.25, -0.2) is 0 Å². The minimum Gasteiger partial charge on any atom is -0.453 e. The van der Waals surface area contributed by atoms with Crippen LogP contribution < -0.4 is 5.32 Å². The van der Waals surface area contributed by atoms with E-state index < -0.39 is 0 Å². The minimum atomic E-state index is -0.0551. The lowest BCUT2D eigenvalue weighted by atomic mass is 9.80. The number of hydrogen-bond donors (Lipinski definition) is 1. The van der Waals surface area contributed by atoms with Crippen LogP contribution in [-0.4, -0.2) is 32.0 Å². The fraction of sp³-hybridized carbons (Fsp3) is 0.733. The van der Waals surface area contributed by atoms with Crippen LogP contribution in [0.1, 0.15) is 38.0 Å². The van der Waals surface area contributed by atoms with E-state index in [1.807, 2.05) is 6.07 Å². The monoisotopic (exact) mass is 343 g/mol. The summed E-state index contributed by atoms with van der Waals surface area (Å²) in [6.45, 7) is 5.45. The highest BCUT2D eigenvalue weighted by Gasteiger charge is 2.43. The SMILES string of the molecule is CCNC(c1ccc(Br)o1)C1CCOC2(CCOC2)C1. The predicted molar refractivity (Wildman–Crippen MR) is 79.7 cm³/mol. The van der Waals surface area contributed by atoms with E-state index >= 15 is 0 Å². The van der Waals surface area contributed by atoms with Crippen molar-refractivity contribution in [1.29, 1.82) is 0 Å². The van der Waals surface area contributed by atoms with E-state index in [4.69, 9.17) is 13.9 Å². The van der Waals surface area contributed by atoms with Crippen molar-refractivity contribution in [3.05, 3.63) is 22.6 Å². The Hall–Kier alpha value is -0.360. The van der Waals surface area contributed by atoms with Gasteiger partial charge in [-0.05, 0) is 53.4 Å². The van der Waals surface area contributed by atoms with Gasteiger partial charge < -0.3 is 19.2 Å². The van der Waals surface area contributed by atoms with Gasteiger partial charge in [0.05, 0.1) is 18.2 Å². The van der Waals surface area contributed by atoms with Crippen molar-refractivity contribution in [3.8, 4) is 0 Å². The molecular formula is C15H22BrNO3. The molecule has 3 rings (SSSR count). The average molecular weight is 344 g/mol. The molecule has 3 heterocycles. The van der Waals surface area contributed by atoms with E-state index in [-0.39, 0.29) is 11.6 Å². The van der Waals surface area contributed by atoms with E-state index in [0.717, 1.165) is 56.1 Å². The van der Waals surface area contributed by atoms with Gasteiger partial charge in [0.2, 0.25) is 0 Å². The van der Waals surface area contributed by atoms with Gasteiger partial charge in [0.15, 0.2) is 4.67 Å². The van der Waals surface area contributed by atoms with Crippen molar-refractivity contribution < 1.29 is 13.9 Å². The number of hydrogen-bond acceptors (Lipinski definition) is 4. The van der Waals surface area contributed by atoms with Crippen molar-refractivity contribution in [2.75, 3.05) is 26.4 Å². The maximum atomic E-state index is 6.03. The minimum absolute atomic E-state index is 0.0551. The summed E-state index contributed by atoms with van der Waals surface area (Å²) >= 11 is 3.40. The quantitative estimate of drug-likeness (QED) is 0.910. The number of halogens is 1. The maximum Gasteiger partial charge on any atom is 0.169 e. The normalized spacial score (nSPS) is 31.8. The number of rotatable bonds is 4. The van der Waals surface area contributed by atoms with Crippen molar-refractivity contribution in [2.45, 2.75) is 37.8 Å². The molecule has 0 bridgehead atoms. The lowest BCUT2D eigenvalue weighted by molar-refractivity contribution is -0.104. The van der Waals surface area contributed by atoms with Gasteiger partial charge in [0, 0.05) is 19.6 Å². The molecule has 0 aliphatic carbocycles. The lowest BCUT2D eigenvalue weighted by Gasteiger charge is -2.40. The van der Waals surface area contributed by atoms with Gasteiger partial charge in [-0.1, -0.05) is 6.92 Å². The number of furan rings is 1. The topological polar surface area (TPSA) is 43.6 Å². The molecule has 3 unspecified atom stereocenters. The second kappa shape index (κ2) is 6.18. The highest BCUT2D eigenvalue weighted by molar-refractivity contribution is 9.10. The van der Waals surface area contributed by atoms with Crippen LogP contribution >= 0.6 is 15.9 Å². The first-order chi connectivity index (χ1) is 9.72. The Kier molecular flexibility index (Phi) is 4.50. The molecule has 0 radical (unpaired) electrons. The number of nitrogens with one attached hydrogen (secondary N) is 1. The summed E-state index contributed by atoms with van der Waals surface area (Å²) in [5.41, 5.74) is -0.0551. The predicted octanol–water partition coefficient (Wildman–Crippen LogP) is 3.28. The first-order valence-corrected chi connectivity index (χ1v) is 8.22. The third kappa shape index (κ3) is 2.96. The second-order valence-corrected chi connectivity index (χ2v) is 6.55. The van der Waals surface area contributed by atoms with Crippen LogP contribution in [-0.2, 0) is 9.47 Å². The third-order valence-corrected chi connectivity index (χ3v) is 4.82. The Balaban J connectivity index is 1.76. The Labute approximate surface area is 128 Å². The summed E-state index contributed by atoms with van der Waals surface area (Å²) in [5.74, 6) is 1.54. The van der Waals surface area contributed by atoms with Gasteiger partial charge in [-0.3, -0.25) is 0 Å². The summed E-state index contributed by atoms with van der Waals surface area (Å²) in [7, 11) is 0. The van der Waals surface area contributed by atoms with Gasteiger partial charge in [0.25, 0.3) is 0 Å². The fourth-order valence-electron chi connectivity index (χ4n) is 3.43. The van der Waals surface area contributed by atoms with Crippen LogP contribution in [0.5, 0.6) is 0 Å². The summed E-state index contributed by atoms with van der Waals surface area (Å²) < 4.78 is 18.2. The molecule has 2 aliphatic heterocycles. The lowest BCUT2D eigenvalue weighted by Crippen LogP contribution is -2.44. The van der Waals surface area contributed by atoms with Crippen LogP contribution in [0, 0.1) is 5.92 Å². The molecule has 2 aliphatic rings. The molecule has 0 amide bonds. The summed E-state index contributed by atoms with van der Waals surface area (Å²) in [6.07, 6.45) is 3.13. The Morgan fingerprint density at radius 1 is 1.45 bits per heavy atom. The average Bonchev–Trinajstić information content (AvgIpc) is 3.06. The molecule has 1 spiro atoms. The summed E-state index contributed by atoms with van der Waals surface area (Å²) in [6, 6.07) is 4.28. The molecule has 4 nitrogen and oxygen atoms in total. The number of ether oxygens (including phenoxy) is 2. The second-order valence-electron chi connectivity index (χ2n) is 5.76. The van der Waals surface area contributed by atoms with E-state index in [9.17, 15) is 0 Å². The molecule has 5 heteroatoms. The zero-order valence-electron chi connectivity index (χ0n) is 11.9. The first-order valence-electron chi connectivity index (χ1n) is 7.43. The molecule has 112 valence electrons. The standard InChI is InChI=1S/C15H22BrNO3/c1-2-17-14(12-3-4-13(16)20-12)11-5-7-19-15(9-11)6-8-18-10-15/h3-4,11,14,17H,2,5-10H2,1H3. The van der Waals surface area contributed by atoms with Crippen molar-refractivity contribution >= 4 is 15.9 Å². The molecule has 1 aromatic rings. The van der Waals surface area contributed by atoms with Crippen LogP contribution in [0.15, 0.2) is 21.2 Å². The maximum absolute atomic E-state index is 6.03. The van der Waals surface area contributed by atoms with Gasteiger partial charge in [-0.2, -0.15) is 0 Å². The Bertz CT molecular complexity index is 442. The largest absolute Gasteiger partial charge is 0.453 e. The van der Waals surface area contributed by atoms with Crippen LogP contribution in [0.25, 0.3) is 0 Å². The van der Waals surface area contributed by atoms with E-state index in [0.29, 0.717) is 5.92 Å². The highest BCUT2D eigenvalue weighted by atomic mass is 79.9. The Morgan fingerprint density at radius 2 is 2.35 bits per heavy atom. The Morgan fingerprint density at radius 3 is 3.00 bits per heavy atom. The van der Waals surface area contributed by atoms with E-state index in [1.165, 1.54) is 0 Å². The summed E-state index contributed by atoms with van der Waals surface area (Å²) in [4.78, 5) is 0. The van der Waals surface area contributed by atoms with Crippen LogP contribution in [0.4, 0.5) is 0 Å². The highest BCUT2D eigenvalue weighted by Crippen LogP contribution is 2.41. The van der Waals surface area contributed by atoms with Crippen molar-refractivity contribution in [2.24, 2.45) is 5.92 Å². The van der Waals surface area contributed by atoms with Crippen LogP contribution in [0.3, 0.4) is 0 Å². The molecular weight excluding hydrogens is 322 g/mol. The van der Waals surface area contributed by atoms with Crippen molar-refractivity contribution in [1.82, 2.24) is 5.32 Å². The molecule has 1 N–H and O–H groups in total. The van der Waals surface area contributed by atoms with E-state index in [1.54, 1.807) is 0 Å². The fourth-order valence-corrected chi connectivity index (χ4v) is 3.75. The molecule has 1 aromatic heterocycles. The smallest absolute Gasteiger partial charge is 0.169 e. The zero-order chi connectivity index (χ0) is 14.0. The molecule has 2 fully saturated rings. The zero-order valence-corrected chi connectivity index (χ0v) is 13.4. The third-order valence-electron chi connectivity index (χ3n) is 4.39. The first kappa shape index (κ1) is 14.6. The molecule has 0 aromatic carbocycles. The van der Waals surface area contributed by atoms with Gasteiger partial charge in [-0.15, -0.1) is 0 Å². The van der Waals surface area contributed by atoms with Gasteiger partial charge in [0.1, 0.15) is 5.76 Å². The molecule has 0 saturated carbocycles. The molecule has 3 atom stereocenters. The summed E-state index contributed by atoms with van der Waals surface area (Å²) in [5, 5.41) is 3.58. The van der Waals surface area contributed by atoms with E-state index in [2.05, 4.69) is 34.2 Å². The molecule has 2 saturated heterocycles. The molecule has 20 heavy (non-hydrogen) atoms.